The third kappa shape index (κ3) is 9.25. The molecule has 6 nitrogen and oxygen atoms in total. The Morgan fingerprint density at radius 1 is 1.33 bits per heavy atom. The van der Waals surface area contributed by atoms with Gasteiger partial charge in [-0.2, -0.15) is 0 Å². The molecule has 1 heterocycles. The molecule has 0 aliphatic heterocycles. The number of thiophene rings is 1. The van der Waals surface area contributed by atoms with Crippen molar-refractivity contribution in [1.29, 1.82) is 0 Å². The molecule has 1 saturated carbocycles. The van der Waals surface area contributed by atoms with Crippen molar-refractivity contribution in [2.45, 2.75) is 64.3 Å². The molecule has 0 unspecified atom stereocenters. The van der Waals surface area contributed by atoms with Crippen molar-refractivity contribution < 1.29 is 9.53 Å². The highest BCUT2D eigenvalue weighted by Gasteiger charge is 2.23. The molecule has 0 aromatic carbocycles. The van der Waals surface area contributed by atoms with E-state index >= 15 is 0 Å². The van der Waals surface area contributed by atoms with Gasteiger partial charge < -0.3 is 20.3 Å². The van der Waals surface area contributed by atoms with Gasteiger partial charge >= 0.3 is 0 Å². The molecule has 1 aromatic rings. The Labute approximate surface area is 184 Å². The Balaban J connectivity index is 0.00000364. The summed E-state index contributed by atoms with van der Waals surface area (Å²) in [5.74, 6) is 0.707. The van der Waals surface area contributed by atoms with Gasteiger partial charge in [0.05, 0.1) is 18.8 Å². The third-order valence-electron chi connectivity index (χ3n) is 4.36. The van der Waals surface area contributed by atoms with Crippen LogP contribution in [0.2, 0.25) is 0 Å². The average Bonchev–Trinajstić information content (AvgIpc) is 3.11. The van der Waals surface area contributed by atoms with Crippen LogP contribution < -0.4 is 10.6 Å². The predicted molar refractivity (Wildman–Crippen MR) is 123 cm³/mol. The number of guanidine groups is 1. The van der Waals surface area contributed by atoms with E-state index in [9.17, 15) is 4.79 Å². The molecule has 1 aliphatic rings. The Bertz CT molecular complexity index is 570. The number of halogens is 1. The molecule has 0 radical (unpaired) electrons. The van der Waals surface area contributed by atoms with Crippen molar-refractivity contribution in [3.63, 3.8) is 0 Å². The highest BCUT2D eigenvalue weighted by atomic mass is 127. The topological polar surface area (TPSA) is 66.0 Å². The minimum atomic E-state index is -0.00346. The van der Waals surface area contributed by atoms with Crippen LogP contribution in [0.15, 0.2) is 22.5 Å². The summed E-state index contributed by atoms with van der Waals surface area (Å²) in [6.45, 7) is 5.04. The standard InChI is InChI=1S/C19H32N4O2S.HI/c1-14(2)25-16-9-7-15(8-10-16)22-19(21-13-18(24)23(3)4)20-12-17-6-5-11-26-17;/h5-6,11,14-16H,7-10,12-13H2,1-4H3,(H2,20,21,22);1H. The second kappa shape index (κ2) is 12.6. The summed E-state index contributed by atoms with van der Waals surface area (Å²) in [6, 6.07) is 4.50. The van der Waals surface area contributed by atoms with E-state index in [0.29, 0.717) is 24.7 Å². The first-order chi connectivity index (χ1) is 12.4. The van der Waals surface area contributed by atoms with Crippen LogP contribution in [0.25, 0.3) is 0 Å². The number of aliphatic imine (C=N–C) groups is 1. The summed E-state index contributed by atoms with van der Waals surface area (Å²) in [4.78, 5) is 19.2. The number of nitrogens with one attached hydrogen (secondary N) is 2. The molecule has 1 amide bonds. The Morgan fingerprint density at radius 3 is 2.59 bits per heavy atom. The lowest BCUT2D eigenvalue weighted by Gasteiger charge is -2.31. The number of nitrogens with zero attached hydrogens (tertiary/aromatic N) is 2. The Kier molecular flexibility index (Phi) is 11.2. The summed E-state index contributed by atoms with van der Waals surface area (Å²) in [5.41, 5.74) is 0. The molecule has 154 valence electrons. The summed E-state index contributed by atoms with van der Waals surface area (Å²) >= 11 is 1.71. The van der Waals surface area contributed by atoms with E-state index in [4.69, 9.17) is 4.74 Å². The van der Waals surface area contributed by atoms with Gasteiger partial charge in [0.15, 0.2) is 5.96 Å². The average molecular weight is 508 g/mol. The maximum absolute atomic E-state index is 11.9. The van der Waals surface area contributed by atoms with Gasteiger partial charge in [-0.3, -0.25) is 4.79 Å². The van der Waals surface area contributed by atoms with Crippen LogP contribution in [0, 0.1) is 0 Å². The van der Waals surface area contributed by atoms with Crippen LogP contribution in [-0.4, -0.2) is 55.7 Å². The molecule has 0 atom stereocenters. The quantitative estimate of drug-likeness (QED) is 0.337. The Morgan fingerprint density at radius 2 is 2.04 bits per heavy atom. The van der Waals surface area contributed by atoms with Crippen LogP contribution in [0.5, 0.6) is 0 Å². The maximum Gasteiger partial charge on any atom is 0.243 e. The van der Waals surface area contributed by atoms with Gasteiger partial charge in [0.2, 0.25) is 5.91 Å². The molecule has 2 rings (SSSR count). The summed E-state index contributed by atoms with van der Waals surface area (Å²) < 4.78 is 5.92. The fourth-order valence-corrected chi connectivity index (χ4v) is 3.59. The number of amides is 1. The SMILES string of the molecule is CC(C)OC1CCC(NC(=NCC(=O)N(C)C)NCc2cccs2)CC1.I. The van der Waals surface area contributed by atoms with E-state index in [1.807, 2.05) is 6.07 Å². The second-order valence-corrected chi connectivity index (χ2v) is 8.22. The van der Waals surface area contributed by atoms with Crippen LogP contribution in [0.3, 0.4) is 0 Å². The van der Waals surface area contributed by atoms with Crippen LogP contribution >= 0.6 is 35.3 Å². The molecule has 0 spiro atoms. The van der Waals surface area contributed by atoms with Gasteiger partial charge in [0, 0.05) is 25.0 Å². The zero-order chi connectivity index (χ0) is 18.9. The monoisotopic (exact) mass is 508 g/mol. The lowest BCUT2D eigenvalue weighted by molar-refractivity contribution is -0.127. The van der Waals surface area contributed by atoms with Gasteiger partial charge in [-0.05, 0) is 51.0 Å². The summed E-state index contributed by atoms with van der Waals surface area (Å²) in [6.07, 6.45) is 4.88. The first-order valence-corrected chi connectivity index (χ1v) is 10.2. The molecule has 0 bridgehead atoms. The highest BCUT2D eigenvalue weighted by Crippen LogP contribution is 2.22. The molecular formula is C19H33IN4O2S. The molecular weight excluding hydrogens is 475 g/mol. The van der Waals surface area contributed by atoms with Gasteiger partial charge in [0.25, 0.3) is 0 Å². The number of hydrogen-bond acceptors (Lipinski definition) is 4. The molecule has 1 aliphatic carbocycles. The van der Waals surface area contributed by atoms with Crippen molar-refractivity contribution in [3.8, 4) is 0 Å². The van der Waals surface area contributed by atoms with Gasteiger partial charge in [-0.15, -0.1) is 35.3 Å². The largest absolute Gasteiger partial charge is 0.376 e. The zero-order valence-corrected chi connectivity index (χ0v) is 19.9. The number of rotatable bonds is 7. The van der Waals surface area contributed by atoms with Crippen molar-refractivity contribution in [2.75, 3.05) is 20.6 Å². The van der Waals surface area contributed by atoms with Crippen molar-refractivity contribution in [1.82, 2.24) is 15.5 Å². The van der Waals surface area contributed by atoms with Gasteiger partial charge in [-0.1, -0.05) is 6.07 Å². The van der Waals surface area contributed by atoms with E-state index in [-0.39, 0.29) is 42.5 Å². The first-order valence-electron chi connectivity index (χ1n) is 9.37. The lowest BCUT2D eigenvalue weighted by atomic mass is 9.93. The highest BCUT2D eigenvalue weighted by molar-refractivity contribution is 14.0. The van der Waals surface area contributed by atoms with Crippen molar-refractivity contribution in [3.05, 3.63) is 22.4 Å². The van der Waals surface area contributed by atoms with Crippen LogP contribution in [0.4, 0.5) is 0 Å². The van der Waals surface area contributed by atoms with E-state index in [1.165, 1.54) is 4.88 Å². The smallest absolute Gasteiger partial charge is 0.243 e. The van der Waals surface area contributed by atoms with E-state index in [2.05, 4.69) is 40.9 Å². The van der Waals surface area contributed by atoms with Crippen molar-refractivity contribution in [2.24, 2.45) is 4.99 Å². The second-order valence-electron chi connectivity index (χ2n) is 7.19. The summed E-state index contributed by atoms with van der Waals surface area (Å²) in [5, 5.41) is 8.92. The summed E-state index contributed by atoms with van der Waals surface area (Å²) in [7, 11) is 3.50. The third-order valence-corrected chi connectivity index (χ3v) is 5.24. The maximum atomic E-state index is 11.9. The van der Waals surface area contributed by atoms with Gasteiger partial charge in [-0.25, -0.2) is 4.99 Å². The van der Waals surface area contributed by atoms with Gasteiger partial charge in [0.1, 0.15) is 6.54 Å². The molecule has 1 aromatic heterocycles. The zero-order valence-electron chi connectivity index (χ0n) is 16.7. The molecule has 0 saturated heterocycles. The van der Waals surface area contributed by atoms with Crippen LogP contribution in [-0.2, 0) is 16.1 Å². The minimum absolute atomic E-state index is 0. The minimum Gasteiger partial charge on any atom is -0.376 e. The Hall–Kier alpha value is -0.870. The molecule has 2 N–H and O–H groups in total. The fourth-order valence-electron chi connectivity index (χ4n) is 2.95. The number of carbonyl (C=O) groups is 1. The predicted octanol–water partition coefficient (Wildman–Crippen LogP) is 3.23. The van der Waals surface area contributed by atoms with E-state index < -0.39 is 0 Å². The first kappa shape index (κ1) is 24.2. The van der Waals surface area contributed by atoms with Crippen LogP contribution in [0.1, 0.15) is 44.4 Å². The van der Waals surface area contributed by atoms with Crippen molar-refractivity contribution >= 4 is 47.2 Å². The number of ether oxygens (including phenoxy) is 1. The number of carbonyl (C=O) groups excluding carboxylic acids is 1. The molecule has 8 heteroatoms. The lowest BCUT2D eigenvalue weighted by Crippen LogP contribution is -2.45. The van der Waals surface area contributed by atoms with E-state index in [1.54, 1.807) is 30.3 Å². The fraction of sp³-hybridized carbons (Fsp3) is 0.684. The normalized spacial score (nSPS) is 20.1. The molecule has 27 heavy (non-hydrogen) atoms. The molecule has 1 fully saturated rings. The van der Waals surface area contributed by atoms with E-state index in [0.717, 1.165) is 25.7 Å². The number of hydrogen-bond donors (Lipinski definition) is 2. The number of likely N-dealkylation sites (N-methyl/N-ethyl adjacent to an activating group) is 1.